The van der Waals surface area contributed by atoms with Gasteiger partial charge in [-0.25, -0.2) is 4.39 Å². The van der Waals surface area contributed by atoms with Crippen LogP contribution in [0.15, 0.2) is 36.9 Å². The number of hydrogen-bond donors (Lipinski definition) is 1. The number of hydrogen-bond acceptors (Lipinski definition) is 1. The Morgan fingerprint density at radius 1 is 1.38 bits per heavy atom. The van der Waals surface area contributed by atoms with Crippen LogP contribution >= 0.6 is 0 Å². The molecule has 1 unspecified atom stereocenters. The monoisotopic (exact) mass is 177 g/mol. The van der Waals surface area contributed by atoms with Crippen LogP contribution < -0.4 is 0 Å². The van der Waals surface area contributed by atoms with E-state index in [4.69, 9.17) is 5.41 Å². The molecule has 2 heteroatoms. The first kappa shape index (κ1) is 9.65. The molecule has 0 aliphatic carbocycles. The Morgan fingerprint density at radius 3 is 2.46 bits per heavy atom. The predicted molar refractivity (Wildman–Crippen MR) is 52.7 cm³/mol. The van der Waals surface area contributed by atoms with Gasteiger partial charge in [-0.2, -0.15) is 0 Å². The number of allylic oxidation sites excluding steroid dienone is 1. The van der Waals surface area contributed by atoms with E-state index in [9.17, 15) is 4.39 Å². The molecule has 0 saturated carbocycles. The van der Waals surface area contributed by atoms with Gasteiger partial charge in [-0.15, -0.1) is 6.58 Å². The van der Waals surface area contributed by atoms with Crippen molar-refractivity contribution in [2.75, 3.05) is 0 Å². The highest BCUT2D eigenvalue weighted by Gasteiger charge is 2.05. The third-order valence-corrected chi connectivity index (χ3v) is 1.92. The maximum Gasteiger partial charge on any atom is 0.123 e. The molecule has 1 aromatic carbocycles. The largest absolute Gasteiger partial charge is 0.312 e. The zero-order chi connectivity index (χ0) is 9.68. The number of rotatable bonds is 4. The van der Waals surface area contributed by atoms with Crippen LogP contribution in [0.4, 0.5) is 4.39 Å². The first-order valence-electron chi connectivity index (χ1n) is 4.15. The molecule has 0 spiro atoms. The van der Waals surface area contributed by atoms with E-state index < -0.39 is 0 Å². The fraction of sp³-hybridized carbons (Fsp3) is 0.182. The molecule has 68 valence electrons. The standard InChI is InChI=1S/C11H12FN/c1-2-3-10(8-13)9-4-6-11(12)7-5-9/h2,4-8,10,13H,1,3H2. The van der Waals surface area contributed by atoms with Crippen LogP contribution in [0.1, 0.15) is 17.9 Å². The van der Waals surface area contributed by atoms with E-state index in [0.717, 1.165) is 12.0 Å². The molecule has 0 aliphatic rings. The molecule has 0 saturated heterocycles. The van der Waals surface area contributed by atoms with E-state index in [1.54, 1.807) is 18.2 Å². The first-order valence-corrected chi connectivity index (χ1v) is 4.15. The van der Waals surface area contributed by atoms with Gasteiger partial charge < -0.3 is 5.41 Å². The van der Waals surface area contributed by atoms with E-state index in [2.05, 4.69) is 6.58 Å². The lowest BCUT2D eigenvalue weighted by atomic mass is 9.97. The van der Waals surface area contributed by atoms with Gasteiger partial charge >= 0.3 is 0 Å². The van der Waals surface area contributed by atoms with Gasteiger partial charge in [-0.1, -0.05) is 18.2 Å². The van der Waals surface area contributed by atoms with Crippen molar-refractivity contribution in [1.82, 2.24) is 0 Å². The van der Waals surface area contributed by atoms with Crippen molar-refractivity contribution >= 4 is 6.21 Å². The molecule has 0 aliphatic heterocycles. The summed E-state index contributed by atoms with van der Waals surface area (Å²) in [6.45, 7) is 3.61. The minimum Gasteiger partial charge on any atom is -0.312 e. The zero-order valence-electron chi connectivity index (χ0n) is 7.33. The van der Waals surface area contributed by atoms with Crippen molar-refractivity contribution in [3.8, 4) is 0 Å². The number of halogens is 1. The molecule has 13 heavy (non-hydrogen) atoms. The van der Waals surface area contributed by atoms with Gasteiger partial charge in [0.25, 0.3) is 0 Å². The predicted octanol–water partition coefficient (Wildman–Crippen LogP) is 3.13. The summed E-state index contributed by atoms with van der Waals surface area (Å²) in [4.78, 5) is 0. The second kappa shape index (κ2) is 4.55. The van der Waals surface area contributed by atoms with Crippen LogP contribution in [-0.2, 0) is 0 Å². The highest BCUT2D eigenvalue weighted by Crippen LogP contribution is 2.17. The lowest BCUT2D eigenvalue weighted by molar-refractivity contribution is 0.626. The molecular weight excluding hydrogens is 165 g/mol. The summed E-state index contributed by atoms with van der Waals surface area (Å²) in [6.07, 6.45) is 3.84. The third-order valence-electron chi connectivity index (χ3n) is 1.92. The summed E-state index contributed by atoms with van der Waals surface area (Å²) in [5.41, 5.74) is 0.955. The SMILES string of the molecule is C=CCC(C=N)c1ccc(F)cc1. The van der Waals surface area contributed by atoms with Crippen LogP contribution in [-0.4, -0.2) is 6.21 Å². The second-order valence-corrected chi connectivity index (χ2v) is 2.85. The summed E-state index contributed by atoms with van der Waals surface area (Å²) < 4.78 is 12.6. The van der Waals surface area contributed by atoms with Crippen molar-refractivity contribution in [2.24, 2.45) is 0 Å². The van der Waals surface area contributed by atoms with Crippen molar-refractivity contribution < 1.29 is 4.39 Å². The van der Waals surface area contributed by atoms with Crippen molar-refractivity contribution in [2.45, 2.75) is 12.3 Å². The number of nitrogens with one attached hydrogen (secondary N) is 1. The van der Waals surface area contributed by atoms with E-state index in [-0.39, 0.29) is 11.7 Å². The average molecular weight is 177 g/mol. The van der Waals surface area contributed by atoms with Crippen LogP contribution in [0.25, 0.3) is 0 Å². The maximum atomic E-state index is 12.6. The van der Waals surface area contributed by atoms with Gasteiger partial charge in [0.2, 0.25) is 0 Å². The Labute approximate surface area is 77.4 Å². The normalized spacial score (nSPS) is 12.1. The number of benzene rings is 1. The molecule has 0 aromatic heterocycles. The lowest BCUT2D eigenvalue weighted by Gasteiger charge is -2.08. The van der Waals surface area contributed by atoms with Gasteiger partial charge in [-0.05, 0) is 24.1 Å². The lowest BCUT2D eigenvalue weighted by Crippen LogP contribution is -1.97. The van der Waals surface area contributed by atoms with Gasteiger partial charge in [0.05, 0.1) is 0 Å². The molecule has 0 heterocycles. The van der Waals surface area contributed by atoms with Crippen LogP contribution in [0.3, 0.4) is 0 Å². The van der Waals surface area contributed by atoms with Crippen LogP contribution in [0.2, 0.25) is 0 Å². The molecule has 1 rings (SSSR count). The Kier molecular flexibility index (Phi) is 3.38. The van der Waals surface area contributed by atoms with Gasteiger partial charge in [0.1, 0.15) is 5.82 Å². The third kappa shape index (κ3) is 2.51. The summed E-state index contributed by atoms with van der Waals surface area (Å²) in [7, 11) is 0. The fourth-order valence-electron chi connectivity index (χ4n) is 1.19. The summed E-state index contributed by atoms with van der Waals surface area (Å²) in [5, 5.41) is 7.19. The highest BCUT2D eigenvalue weighted by atomic mass is 19.1. The Hall–Kier alpha value is -1.44. The minimum absolute atomic E-state index is 0.0260. The molecule has 0 bridgehead atoms. The quantitative estimate of drug-likeness (QED) is 0.539. The first-order chi connectivity index (χ1) is 6.27. The molecular formula is C11H12FN. The van der Waals surface area contributed by atoms with E-state index >= 15 is 0 Å². The Morgan fingerprint density at radius 2 is 2.00 bits per heavy atom. The van der Waals surface area contributed by atoms with Gasteiger partial charge in [-0.3, -0.25) is 0 Å². The maximum absolute atomic E-state index is 12.6. The highest BCUT2D eigenvalue weighted by molar-refractivity contribution is 5.64. The smallest absolute Gasteiger partial charge is 0.123 e. The van der Waals surface area contributed by atoms with Crippen molar-refractivity contribution in [3.05, 3.63) is 48.3 Å². The average Bonchev–Trinajstić information content (AvgIpc) is 2.16. The summed E-state index contributed by atoms with van der Waals surface area (Å²) in [5.74, 6) is -0.218. The fourth-order valence-corrected chi connectivity index (χ4v) is 1.19. The molecule has 1 N–H and O–H groups in total. The Bertz CT molecular complexity index is 289. The zero-order valence-corrected chi connectivity index (χ0v) is 7.33. The van der Waals surface area contributed by atoms with Crippen LogP contribution in [0.5, 0.6) is 0 Å². The summed E-state index contributed by atoms with van der Waals surface area (Å²) >= 11 is 0. The molecule has 0 fully saturated rings. The van der Waals surface area contributed by atoms with E-state index in [1.807, 2.05) is 0 Å². The van der Waals surface area contributed by atoms with Gasteiger partial charge in [0.15, 0.2) is 0 Å². The second-order valence-electron chi connectivity index (χ2n) is 2.85. The molecule has 0 amide bonds. The van der Waals surface area contributed by atoms with Crippen molar-refractivity contribution in [3.63, 3.8) is 0 Å². The Balaban J connectivity index is 2.84. The van der Waals surface area contributed by atoms with E-state index in [1.165, 1.54) is 18.3 Å². The van der Waals surface area contributed by atoms with Gasteiger partial charge in [0, 0.05) is 12.1 Å². The molecule has 1 aromatic rings. The van der Waals surface area contributed by atoms with E-state index in [0.29, 0.717) is 0 Å². The van der Waals surface area contributed by atoms with Crippen LogP contribution in [0, 0.1) is 11.2 Å². The van der Waals surface area contributed by atoms with Crippen molar-refractivity contribution in [1.29, 1.82) is 5.41 Å². The summed E-state index contributed by atoms with van der Waals surface area (Å²) in [6, 6.07) is 6.23. The molecule has 1 atom stereocenters. The molecule has 1 nitrogen and oxygen atoms in total. The molecule has 0 radical (unpaired) electrons. The minimum atomic E-state index is -0.244. The topological polar surface area (TPSA) is 23.9 Å².